The molecule has 0 aromatic carbocycles. The van der Waals surface area contributed by atoms with Crippen LogP contribution in [0.5, 0.6) is 0 Å². The second kappa shape index (κ2) is 4.99. The van der Waals surface area contributed by atoms with E-state index in [2.05, 4.69) is 15.3 Å². The predicted molar refractivity (Wildman–Crippen MR) is 66.4 cm³/mol. The minimum atomic E-state index is -0.562. The molecule has 0 aliphatic rings. The minimum Gasteiger partial charge on any atom is -0.462 e. The number of carbonyl (C=O) groups is 1. The number of fused-ring (bicyclic) bond motifs is 1. The average molecular weight is 289 g/mol. The van der Waals surface area contributed by atoms with Crippen molar-refractivity contribution in [1.82, 2.24) is 19.8 Å². The van der Waals surface area contributed by atoms with E-state index in [-0.39, 0.29) is 23.0 Å². The first-order valence-electron chi connectivity index (χ1n) is 4.98. The van der Waals surface area contributed by atoms with E-state index in [9.17, 15) is 9.59 Å². The third-order valence-corrected chi connectivity index (χ3v) is 3.11. The Kier molecular flexibility index (Phi) is 3.58. The molecular formula is C9H9ClN4O3S. The Morgan fingerprint density at radius 3 is 2.89 bits per heavy atom. The molecular weight excluding hydrogens is 280 g/mol. The highest BCUT2D eigenvalue weighted by Gasteiger charge is 2.22. The molecule has 0 saturated carbocycles. The standard InChI is InChI=1S/C9H9ClN4O3S/c1-3-17-9(16)4-6-12-11-5(10)8(15)14(6)13-7(4)18-2/h13H,3H2,1-2H3. The summed E-state index contributed by atoms with van der Waals surface area (Å²) >= 11 is 6.85. The Bertz CT molecular complexity index is 666. The molecule has 2 heterocycles. The van der Waals surface area contributed by atoms with Crippen LogP contribution in [0.1, 0.15) is 17.3 Å². The van der Waals surface area contributed by atoms with Gasteiger partial charge in [-0.25, -0.2) is 4.79 Å². The fraction of sp³-hybridized carbons (Fsp3) is 0.333. The molecule has 0 bridgehead atoms. The number of aromatic amines is 1. The van der Waals surface area contributed by atoms with Crippen LogP contribution in [0, 0.1) is 0 Å². The zero-order valence-electron chi connectivity index (χ0n) is 9.56. The molecule has 2 aromatic heterocycles. The highest BCUT2D eigenvalue weighted by atomic mass is 35.5. The summed E-state index contributed by atoms with van der Waals surface area (Å²) < 4.78 is 6.00. The van der Waals surface area contributed by atoms with Crippen molar-refractivity contribution < 1.29 is 9.53 Å². The molecule has 0 radical (unpaired) electrons. The normalized spacial score (nSPS) is 10.8. The van der Waals surface area contributed by atoms with Gasteiger partial charge in [-0.15, -0.1) is 22.0 Å². The number of hydrogen-bond donors (Lipinski definition) is 1. The molecule has 0 aliphatic carbocycles. The van der Waals surface area contributed by atoms with Gasteiger partial charge in [0.2, 0.25) is 5.15 Å². The van der Waals surface area contributed by atoms with Gasteiger partial charge in [-0.2, -0.15) is 4.52 Å². The Balaban J connectivity index is 2.75. The molecule has 0 saturated heterocycles. The van der Waals surface area contributed by atoms with Gasteiger partial charge in [0.25, 0.3) is 0 Å². The van der Waals surface area contributed by atoms with Crippen molar-refractivity contribution in [3.63, 3.8) is 0 Å². The summed E-state index contributed by atoms with van der Waals surface area (Å²) in [5.74, 6) is -0.559. The highest BCUT2D eigenvalue weighted by molar-refractivity contribution is 7.98. The quantitative estimate of drug-likeness (QED) is 0.669. The van der Waals surface area contributed by atoms with Crippen LogP contribution < -0.4 is 5.56 Å². The molecule has 1 N–H and O–H groups in total. The van der Waals surface area contributed by atoms with E-state index >= 15 is 0 Å². The lowest BCUT2D eigenvalue weighted by Gasteiger charge is -2.00. The summed E-state index contributed by atoms with van der Waals surface area (Å²) in [4.78, 5) is 23.6. The van der Waals surface area contributed by atoms with Gasteiger partial charge in [-0.1, -0.05) is 11.6 Å². The van der Waals surface area contributed by atoms with Crippen LogP contribution in [-0.2, 0) is 4.74 Å². The van der Waals surface area contributed by atoms with Crippen LogP contribution in [0.2, 0.25) is 5.15 Å². The third kappa shape index (κ3) is 1.97. The number of nitrogens with zero attached hydrogens (tertiary/aromatic N) is 3. The number of aromatic nitrogens is 4. The second-order valence-electron chi connectivity index (χ2n) is 3.20. The number of H-pyrrole nitrogens is 1. The summed E-state index contributed by atoms with van der Waals surface area (Å²) in [7, 11) is 0. The van der Waals surface area contributed by atoms with Crippen molar-refractivity contribution in [3.05, 3.63) is 21.1 Å². The number of rotatable bonds is 3. The van der Waals surface area contributed by atoms with Crippen LogP contribution in [-0.4, -0.2) is 38.6 Å². The third-order valence-electron chi connectivity index (χ3n) is 2.17. The fourth-order valence-electron chi connectivity index (χ4n) is 1.43. The van der Waals surface area contributed by atoms with Gasteiger partial charge in [0.15, 0.2) is 5.65 Å². The number of halogens is 1. The van der Waals surface area contributed by atoms with E-state index in [4.69, 9.17) is 16.3 Å². The van der Waals surface area contributed by atoms with Gasteiger partial charge in [-0.05, 0) is 13.2 Å². The van der Waals surface area contributed by atoms with Gasteiger partial charge in [0.1, 0.15) is 10.6 Å². The van der Waals surface area contributed by atoms with Crippen LogP contribution >= 0.6 is 23.4 Å². The summed E-state index contributed by atoms with van der Waals surface area (Å²) in [5, 5.41) is 10.2. The maximum Gasteiger partial charge on any atom is 0.344 e. The molecule has 96 valence electrons. The zero-order valence-corrected chi connectivity index (χ0v) is 11.1. The first kappa shape index (κ1) is 12.9. The number of esters is 1. The lowest BCUT2D eigenvalue weighted by atomic mass is 10.3. The Morgan fingerprint density at radius 1 is 1.56 bits per heavy atom. The highest BCUT2D eigenvalue weighted by Crippen LogP contribution is 2.22. The van der Waals surface area contributed by atoms with Crippen molar-refractivity contribution in [3.8, 4) is 0 Å². The van der Waals surface area contributed by atoms with Crippen molar-refractivity contribution in [2.24, 2.45) is 0 Å². The smallest absolute Gasteiger partial charge is 0.344 e. The topological polar surface area (TPSA) is 89.4 Å². The first-order chi connectivity index (χ1) is 8.60. The lowest BCUT2D eigenvalue weighted by molar-refractivity contribution is 0.0524. The van der Waals surface area contributed by atoms with E-state index in [1.165, 1.54) is 11.8 Å². The van der Waals surface area contributed by atoms with Crippen molar-refractivity contribution in [2.45, 2.75) is 11.9 Å². The fourth-order valence-corrected chi connectivity index (χ4v) is 2.11. The molecule has 2 rings (SSSR count). The Labute approximate surface area is 110 Å². The maximum absolute atomic E-state index is 11.8. The van der Waals surface area contributed by atoms with Crippen molar-refractivity contribution in [2.75, 3.05) is 12.9 Å². The van der Waals surface area contributed by atoms with Gasteiger partial charge in [0.05, 0.1) is 6.61 Å². The molecule has 0 amide bonds. The van der Waals surface area contributed by atoms with E-state index in [1.54, 1.807) is 13.2 Å². The van der Waals surface area contributed by atoms with Crippen LogP contribution in [0.4, 0.5) is 0 Å². The van der Waals surface area contributed by atoms with Crippen LogP contribution in [0.3, 0.4) is 0 Å². The molecule has 0 aliphatic heterocycles. The van der Waals surface area contributed by atoms with Gasteiger partial charge >= 0.3 is 11.5 Å². The van der Waals surface area contributed by atoms with Crippen molar-refractivity contribution >= 4 is 35.0 Å². The Hall–Kier alpha value is -1.54. The number of nitrogens with one attached hydrogen (secondary N) is 1. The Morgan fingerprint density at radius 2 is 2.28 bits per heavy atom. The SMILES string of the molecule is CCOC(=O)c1c(SC)[nH]n2c(=O)c(Cl)nnc12. The number of carbonyl (C=O) groups excluding carboxylic acids is 1. The summed E-state index contributed by atoms with van der Waals surface area (Å²) in [5.41, 5.74) is -0.273. The van der Waals surface area contributed by atoms with E-state index in [1.807, 2.05) is 0 Å². The summed E-state index contributed by atoms with van der Waals surface area (Å²) in [6, 6.07) is 0. The summed E-state index contributed by atoms with van der Waals surface area (Å²) in [6.07, 6.45) is 1.76. The molecule has 0 atom stereocenters. The van der Waals surface area contributed by atoms with Crippen LogP contribution in [0.15, 0.2) is 9.82 Å². The number of hydrogen-bond acceptors (Lipinski definition) is 6. The molecule has 0 fully saturated rings. The lowest BCUT2D eigenvalue weighted by Crippen LogP contribution is -2.17. The largest absolute Gasteiger partial charge is 0.462 e. The van der Waals surface area contributed by atoms with Gasteiger partial charge < -0.3 is 4.74 Å². The van der Waals surface area contributed by atoms with Gasteiger partial charge in [-0.3, -0.25) is 9.89 Å². The molecule has 9 heteroatoms. The second-order valence-corrected chi connectivity index (χ2v) is 4.37. The molecule has 2 aromatic rings. The van der Waals surface area contributed by atoms with Crippen LogP contribution in [0.25, 0.3) is 5.65 Å². The van der Waals surface area contributed by atoms with E-state index in [0.717, 1.165) is 4.52 Å². The molecule has 0 unspecified atom stereocenters. The number of ether oxygens (including phenoxy) is 1. The molecule has 0 spiro atoms. The van der Waals surface area contributed by atoms with E-state index in [0.29, 0.717) is 5.03 Å². The predicted octanol–water partition coefficient (Wildman–Crippen LogP) is 0.970. The van der Waals surface area contributed by atoms with Crippen molar-refractivity contribution in [1.29, 1.82) is 0 Å². The zero-order chi connectivity index (χ0) is 13.3. The van der Waals surface area contributed by atoms with E-state index < -0.39 is 11.5 Å². The summed E-state index contributed by atoms with van der Waals surface area (Å²) in [6.45, 7) is 1.93. The van der Waals surface area contributed by atoms with Gasteiger partial charge in [0, 0.05) is 0 Å². The first-order valence-corrected chi connectivity index (χ1v) is 6.58. The average Bonchev–Trinajstić information content (AvgIpc) is 2.73. The monoisotopic (exact) mass is 288 g/mol. The molecule has 7 nitrogen and oxygen atoms in total. The minimum absolute atomic E-state index is 0.104. The maximum atomic E-state index is 11.8. The number of thioether (sulfide) groups is 1. The molecule has 18 heavy (non-hydrogen) atoms.